The minimum absolute atomic E-state index is 0.429. The van der Waals surface area contributed by atoms with Gasteiger partial charge in [-0.25, -0.2) is 4.98 Å². The zero-order valence-electron chi connectivity index (χ0n) is 18.2. The van der Waals surface area contributed by atoms with Crippen LogP contribution in [0.25, 0.3) is 11.0 Å². The molecule has 30 heavy (non-hydrogen) atoms. The number of nitrogens with zero attached hydrogens (tertiary/aromatic N) is 3. The van der Waals surface area contributed by atoms with Gasteiger partial charge in [0.15, 0.2) is 0 Å². The first-order valence-corrected chi connectivity index (χ1v) is 11.4. The summed E-state index contributed by atoms with van der Waals surface area (Å²) >= 11 is 0. The van der Waals surface area contributed by atoms with Crippen molar-refractivity contribution in [3.8, 4) is 6.07 Å². The van der Waals surface area contributed by atoms with Gasteiger partial charge in [-0.15, -0.1) is 0 Å². The fraction of sp³-hybridized carbons (Fsp3) is 0.462. The molecule has 0 radical (unpaired) electrons. The second kappa shape index (κ2) is 9.45. The molecular weight excluding hydrogens is 368 g/mol. The van der Waals surface area contributed by atoms with Crippen LogP contribution in [0, 0.1) is 17.2 Å². The van der Waals surface area contributed by atoms with Crippen LogP contribution in [0.2, 0.25) is 0 Å². The van der Waals surface area contributed by atoms with E-state index in [0.29, 0.717) is 11.6 Å². The Morgan fingerprint density at radius 1 is 1.13 bits per heavy atom. The van der Waals surface area contributed by atoms with Gasteiger partial charge in [0.2, 0.25) is 0 Å². The van der Waals surface area contributed by atoms with Crippen molar-refractivity contribution < 1.29 is 0 Å². The zero-order chi connectivity index (χ0) is 20.9. The number of imidazole rings is 1. The quantitative estimate of drug-likeness (QED) is 0.557. The molecule has 0 spiro atoms. The molecule has 0 amide bonds. The lowest BCUT2D eigenvalue weighted by Crippen LogP contribution is -2.30. The topological polar surface area (TPSA) is 53.6 Å². The van der Waals surface area contributed by atoms with Gasteiger partial charge in [0, 0.05) is 19.5 Å². The zero-order valence-corrected chi connectivity index (χ0v) is 18.2. The molecule has 4 heteroatoms. The molecule has 2 aromatic carbocycles. The Morgan fingerprint density at radius 3 is 2.60 bits per heavy atom. The summed E-state index contributed by atoms with van der Waals surface area (Å²) in [4.78, 5) is 4.99. The standard InChI is InChI=1S/C26H32N4/c1-3-15-28-26(21-7-5-4-6-8-21)22-13-14-24-23(17-22)29-25(30(24)2)16-19-9-11-20(18-27)12-10-19/h9-14,17,21,26,28H,3-8,15-16H2,1-2H3. The smallest absolute Gasteiger partial charge is 0.114 e. The molecule has 1 N–H and O–H groups in total. The number of aryl methyl sites for hydroxylation is 1. The lowest BCUT2D eigenvalue weighted by Gasteiger charge is -2.31. The Kier molecular flexibility index (Phi) is 6.50. The fourth-order valence-electron chi connectivity index (χ4n) is 4.82. The van der Waals surface area contributed by atoms with Crippen LogP contribution >= 0.6 is 0 Å². The van der Waals surface area contributed by atoms with Gasteiger partial charge < -0.3 is 9.88 Å². The highest BCUT2D eigenvalue weighted by Crippen LogP contribution is 2.35. The van der Waals surface area contributed by atoms with Crippen LogP contribution in [-0.4, -0.2) is 16.1 Å². The molecule has 4 rings (SSSR count). The first-order valence-electron chi connectivity index (χ1n) is 11.4. The minimum atomic E-state index is 0.429. The Labute approximate surface area is 179 Å². The average molecular weight is 401 g/mol. The first kappa shape index (κ1) is 20.6. The highest BCUT2D eigenvalue weighted by atomic mass is 15.1. The normalized spacial score (nSPS) is 15.9. The summed E-state index contributed by atoms with van der Waals surface area (Å²) in [6, 6.07) is 17.3. The molecule has 1 aromatic heterocycles. The van der Waals surface area contributed by atoms with Crippen LogP contribution in [0.15, 0.2) is 42.5 Å². The van der Waals surface area contributed by atoms with E-state index < -0.39 is 0 Å². The Bertz CT molecular complexity index is 1020. The maximum atomic E-state index is 9.00. The first-order chi connectivity index (χ1) is 14.7. The molecule has 1 aliphatic carbocycles. The van der Waals surface area contributed by atoms with E-state index in [1.807, 2.05) is 24.3 Å². The van der Waals surface area contributed by atoms with E-state index in [1.165, 1.54) is 48.7 Å². The molecule has 1 atom stereocenters. The number of benzene rings is 2. The Morgan fingerprint density at radius 2 is 1.90 bits per heavy atom. The maximum absolute atomic E-state index is 9.00. The molecule has 1 aliphatic rings. The van der Waals surface area contributed by atoms with Crippen molar-refractivity contribution in [1.29, 1.82) is 5.26 Å². The van der Waals surface area contributed by atoms with Crippen molar-refractivity contribution in [2.24, 2.45) is 13.0 Å². The molecule has 156 valence electrons. The summed E-state index contributed by atoms with van der Waals surface area (Å²) in [6.45, 7) is 3.30. The summed E-state index contributed by atoms with van der Waals surface area (Å²) < 4.78 is 2.20. The lowest BCUT2D eigenvalue weighted by molar-refractivity contribution is 0.272. The van der Waals surface area contributed by atoms with Gasteiger partial charge in [0.05, 0.1) is 22.7 Å². The van der Waals surface area contributed by atoms with Gasteiger partial charge in [-0.05, 0) is 67.1 Å². The van der Waals surface area contributed by atoms with Crippen LogP contribution in [0.3, 0.4) is 0 Å². The third-order valence-corrected chi connectivity index (χ3v) is 6.54. The molecule has 3 aromatic rings. The Hall–Kier alpha value is -2.64. The fourth-order valence-corrected chi connectivity index (χ4v) is 4.82. The number of nitrogens with one attached hydrogen (secondary N) is 1. The number of nitriles is 1. The van der Waals surface area contributed by atoms with E-state index in [0.717, 1.165) is 36.6 Å². The molecule has 4 nitrogen and oxygen atoms in total. The molecular formula is C26H32N4. The van der Waals surface area contributed by atoms with Crippen LogP contribution in [0.4, 0.5) is 0 Å². The largest absolute Gasteiger partial charge is 0.331 e. The van der Waals surface area contributed by atoms with Gasteiger partial charge in [0.25, 0.3) is 0 Å². The molecule has 0 aliphatic heterocycles. The molecule has 1 unspecified atom stereocenters. The predicted molar refractivity (Wildman–Crippen MR) is 122 cm³/mol. The van der Waals surface area contributed by atoms with E-state index in [2.05, 4.69) is 48.1 Å². The van der Waals surface area contributed by atoms with Crippen LogP contribution in [0.5, 0.6) is 0 Å². The number of hydrogen-bond acceptors (Lipinski definition) is 3. The summed E-state index contributed by atoms with van der Waals surface area (Å²) in [5.41, 5.74) is 5.52. The second-order valence-corrected chi connectivity index (χ2v) is 8.65. The third-order valence-electron chi connectivity index (χ3n) is 6.54. The summed E-state index contributed by atoms with van der Waals surface area (Å²) in [5.74, 6) is 1.78. The molecule has 0 bridgehead atoms. The summed E-state index contributed by atoms with van der Waals surface area (Å²) in [5, 5.41) is 12.8. The highest BCUT2D eigenvalue weighted by molar-refractivity contribution is 5.77. The number of fused-ring (bicyclic) bond motifs is 1. The third kappa shape index (κ3) is 4.42. The summed E-state index contributed by atoms with van der Waals surface area (Å²) in [7, 11) is 2.10. The molecule has 1 heterocycles. The minimum Gasteiger partial charge on any atom is -0.331 e. The van der Waals surface area contributed by atoms with E-state index in [4.69, 9.17) is 10.2 Å². The molecule has 1 saturated carbocycles. The van der Waals surface area contributed by atoms with Crippen LogP contribution in [-0.2, 0) is 13.5 Å². The number of rotatable bonds is 7. The van der Waals surface area contributed by atoms with Crippen molar-refractivity contribution >= 4 is 11.0 Å². The highest BCUT2D eigenvalue weighted by Gasteiger charge is 2.25. The summed E-state index contributed by atoms with van der Waals surface area (Å²) in [6.07, 6.45) is 8.67. The van der Waals surface area contributed by atoms with Crippen molar-refractivity contribution in [2.45, 2.75) is 57.9 Å². The van der Waals surface area contributed by atoms with Gasteiger partial charge in [-0.1, -0.05) is 44.4 Å². The van der Waals surface area contributed by atoms with Gasteiger partial charge >= 0.3 is 0 Å². The SMILES string of the molecule is CCCNC(c1ccc2c(c1)nc(Cc1ccc(C#N)cc1)n2C)C1CCCCC1. The van der Waals surface area contributed by atoms with Crippen molar-refractivity contribution in [3.63, 3.8) is 0 Å². The van der Waals surface area contributed by atoms with E-state index in [1.54, 1.807) is 0 Å². The Balaban J connectivity index is 1.61. The predicted octanol–water partition coefficient (Wildman–Crippen LogP) is 5.66. The monoisotopic (exact) mass is 400 g/mol. The van der Waals surface area contributed by atoms with Crippen molar-refractivity contribution in [1.82, 2.24) is 14.9 Å². The average Bonchev–Trinajstić information content (AvgIpc) is 3.10. The maximum Gasteiger partial charge on any atom is 0.114 e. The van der Waals surface area contributed by atoms with E-state index in [9.17, 15) is 0 Å². The van der Waals surface area contributed by atoms with E-state index in [-0.39, 0.29) is 0 Å². The lowest BCUT2D eigenvalue weighted by atomic mass is 9.81. The molecule has 0 saturated heterocycles. The van der Waals surface area contributed by atoms with Crippen molar-refractivity contribution in [3.05, 3.63) is 65.0 Å². The number of hydrogen-bond donors (Lipinski definition) is 1. The van der Waals surface area contributed by atoms with E-state index >= 15 is 0 Å². The van der Waals surface area contributed by atoms with Gasteiger partial charge in [-0.3, -0.25) is 0 Å². The second-order valence-electron chi connectivity index (χ2n) is 8.65. The van der Waals surface area contributed by atoms with Crippen LogP contribution in [0.1, 0.15) is 74.0 Å². The van der Waals surface area contributed by atoms with Crippen LogP contribution < -0.4 is 5.32 Å². The van der Waals surface area contributed by atoms with Crippen molar-refractivity contribution in [2.75, 3.05) is 6.54 Å². The molecule has 1 fully saturated rings. The van der Waals surface area contributed by atoms with Gasteiger partial charge in [-0.2, -0.15) is 5.26 Å². The van der Waals surface area contributed by atoms with Gasteiger partial charge in [0.1, 0.15) is 5.82 Å². The number of aromatic nitrogens is 2.